The van der Waals surface area contributed by atoms with Crippen molar-refractivity contribution in [3.63, 3.8) is 0 Å². The Bertz CT molecular complexity index is 1290. The van der Waals surface area contributed by atoms with Gasteiger partial charge in [0, 0.05) is 16.9 Å². The van der Waals surface area contributed by atoms with Crippen LogP contribution in [0.1, 0.15) is 34.8 Å². The Balaban J connectivity index is 1.25. The monoisotopic (exact) mass is 444 g/mol. The van der Waals surface area contributed by atoms with Crippen molar-refractivity contribution >= 4 is 22.4 Å². The van der Waals surface area contributed by atoms with Gasteiger partial charge in [-0.25, -0.2) is 9.67 Å². The van der Waals surface area contributed by atoms with E-state index >= 15 is 0 Å². The first kappa shape index (κ1) is 19.1. The third-order valence-electron chi connectivity index (χ3n) is 5.58. The van der Waals surface area contributed by atoms with Gasteiger partial charge in [0.15, 0.2) is 16.6 Å². The van der Waals surface area contributed by atoms with Crippen LogP contribution in [0.15, 0.2) is 60.1 Å². The molecule has 8 heteroatoms. The molecule has 4 aromatic rings. The summed E-state index contributed by atoms with van der Waals surface area (Å²) in [6.45, 7) is 1.09. The molecular formula is C24H20N4O3S. The third-order valence-corrected chi connectivity index (χ3v) is 6.34. The fraction of sp³-hybridized carbons (Fsp3) is 0.208. The number of nitrogens with one attached hydrogen (secondary N) is 1. The zero-order valence-corrected chi connectivity index (χ0v) is 18.0. The molecule has 2 aromatic heterocycles. The standard InChI is InChI=1S/C24H20N4O3S/c29-23(18-13-25-28(22(18)15-6-7-15)17-4-2-1-3-5-17)27-24-26-19(14-32-24)16-8-9-20-21(12-16)31-11-10-30-20/h1-5,8-9,12-15H,6-7,10-11H2,(H,26,27,29). The van der Waals surface area contributed by atoms with Crippen LogP contribution < -0.4 is 14.8 Å². The largest absolute Gasteiger partial charge is 0.486 e. The van der Waals surface area contributed by atoms with Crippen molar-refractivity contribution < 1.29 is 14.3 Å². The fourth-order valence-electron chi connectivity index (χ4n) is 3.89. The molecule has 1 N–H and O–H groups in total. The van der Waals surface area contributed by atoms with Gasteiger partial charge >= 0.3 is 0 Å². The van der Waals surface area contributed by atoms with Gasteiger partial charge in [0.05, 0.1) is 28.8 Å². The van der Waals surface area contributed by atoms with E-state index in [9.17, 15) is 4.79 Å². The number of amides is 1. The van der Waals surface area contributed by atoms with Gasteiger partial charge < -0.3 is 9.47 Å². The van der Waals surface area contributed by atoms with Gasteiger partial charge in [0.2, 0.25) is 0 Å². The van der Waals surface area contributed by atoms with Crippen LogP contribution in [0.4, 0.5) is 5.13 Å². The first-order chi connectivity index (χ1) is 15.8. The molecule has 2 aliphatic rings. The Morgan fingerprint density at radius 1 is 1.06 bits per heavy atom. The third kappa shape index (κ3) is 3.52. The number of carbonyl (C=O) groups excluding carboxylic acids is 1. The minimum absolute atomic E-state index is 0.183. The number of fused-ring (bicyclic) bond motifs is 1. The smallest absolute Gasteiger partial charge is 0.260 e. The Morgan fingerprint density at radius 3 is 2.69 bits per heavy atom. The number of ether oxygens (including phenoxy) is 2. The van der Waals surface area contributed by atoms with Crippen LogP contribution in [0.3, 0.4) is 0 Å². The molecule has 0 bridgehead atoms. The first-order valence-electron chi connectivity index (χ1n) is 10.6. The number of rotatable bonds is 5. The van der Waals surface area contributed by atoms with Gasteiger partial charge in [0.1, 0.15) is 13.2 Å². The summed E-state index contributed by atoms with van der Waals surface area (Å²) in [6, 6.07) is 15.7. The van der Waals surface area contributed by atoms with Crippen LogP contribution in [0.25, 0.3) is 16.9 Å². The van der Waals surface area contributed by atoms with E-state index in [2.05, 4.69) is 15.4 Å². The van der Waals surface area contributed by atoms with E-state index in [1.54, 1.807) is 6.20 Å². The van der Waals surface area contributed by atoms with Crippen LogP contribution in [0.5, 0.6) is 11.5 Å². The molecule has 1 fully saturated rings. The molecule has 0 unspecified atom stereocenters. The summed E-state index contributed by atoms with van der Waals surface area (Å²) in [5, 5.41) is 9.95. The van der Waals surface area contributed by atoms with Gasteiger partial charge in [0.25, 0.3) is 5.91 Å². The van der Waals surface area contributed by atoms with Gasteiger partial charge in [-0.05, 0) is 43.2 Å². The average molecular weight is 445 g/mol. The van der Waals surface area contributed by atoms with E-state index in [-0.39, 0.29) is 5.91 Å². The minimum Gasteiger partial charge on any atom is -0.486 e. The molecule has 1 saturated carbocycles. The van der Waals surface area contributed by atoms with Crippen molar-refractivity contribution in [1.29, 1.82) is 0 Å². The lowest BCUT2D eigenvalue weighted by molar-refractivity contribution is 0.102. The molecule has 32 heavy (non-hydrogen) atoms. The second-order valence-electron chi connectivity index (χ2n) is 7.82. The Morgan fingerprint density at radius 2 is 1.88 bits per heavy atom. The van der Waals surface area contributed by atoms with Crippen molar-refractivity contribution in [2.45, 2.75) is 18.8 Å². The Labute approximate surface area is 188 Å². The van der Waals surface area contributed by atoms with Crippen LogP contribution in [0.2, 0.25) is 0 Å². The Hall–Kier alpha value is -3.65. The number of benzene rings is 2. The predicted molar refractivity (Wildman–Crippen MR) is 122 cm³/mol. The summed E-state index contributed by atoms with van der Waals surface area (Å²) in [5.41, 5.74) is 4.24. The zero-order valence-electron chi connectivity index (χ0n) is 17.2. The molecule has 160 valence electrons. The predicted octanol–water partition coefficient (Wildman–Crippen LogP) is 4.90. The van der Waals surface area contributed by atoms with Crippen molar-refractivity contribution in [3.8, 4) is 28.4 Å². The summed E-state index contributed by atoms with van der Waals surface area (Å²) in [4.78, 5) is 17.7. The van der Waals surface area contributed by atoms with E-state index in [4.69, 9.17) is 9.47 Å². The van der Waals surface area contributed by atoms with Crippen LogP contribution >= 0.6 is 11.3 Å². The van der Waals surface area contributed by atoms with E-state index in [0.717, 1.165) is 47.0 Å². The van der Waals surface area contributed by atoms with Gasteiger partial charge in [-0.15, -0.1) is 11.3 Å². The number of thiazole rings is 1. The normalized spacial score (nSPS) is 14.9. The zero-order chi connectivity index (χ0) is 21.5. The van der Waals surface area contributed by atoms with Gasteiger partial charge in [-0.1, -0.05) is 18.2 Å². The highest BCUT2D eigenvalue weighted by molar-refractivity contribution is 7.14. The average Bonchev–Trinajstić information content (AvgIpc) is 3.40. The maximum atomic E-state index is 13.1. The molecule has 2 aromatic carbocycles. The van der Waals surface area contributed by atoms with Gasteiger partial charge in [-0.3, -0.25) is 10.1 Å². The number of carbonyl (C=O) groups is 1. The molecule has 0 atom stereocenters. The maximum Gasteiger partial charge on any atom is 0.260 e. The van der Waals surface area contributed by atoms with Crippen LogP contribution in [-0.4, -0.2) is 33.9 Å². The molecule has 1 aliphatic carbocycles. The second kappa shape index (κ2) is 7.80. The molecule has 1 amide bonds. The highest BCUT2D eigenvalue weighted by Gasteiger charge is 2.33. The van der Waals surface area contributed by atoms with Crippen molar-refractivity contribution in [2.24, 2.45) is 0 Å². The van der Waals surface area contributed by atoms with Crippen molar-refractivity contribution in [2.75, 3.05) is 18.5 Å². The highest BCUT2D eigenvalue weighted by Crippen LogP contribution is 2.42. The SMILES string of the molecule is O=C(Nc1nc(-c2ccc3c(c2)OCCO3)cs1)c1cnn(-c2ccccc2)c1C1CC1. The lowest BCUT2D eigenvalue weighted by Gasteiger charge is -2.18. The summed E-state index contributed by atoms with van der Waals surface area (Å²) in [6.07, 6.45) is 3.81. The summed E-state index contributed by atoms with van der Waals surface area (Å²) in [5.74, 6) is 1.64. The number of para-hydroxylation sites is 1. The highest BCUT2D eigenvalue weighted by atomic mass is 32.1. The number of nitrogens with zero attached hydrogens (tertiary/aromatic N) is 3. The lowest BCUT2D eigenvalue weighted by atomic mass is 10.1. The van der Waals surface area contributed by atoms with Crippen molar-refractivity contribution in [3.05, 3.63) is 71.4 Å². The lowest BCUT2D eigenvalue weighted by Crippen LogP contribution is -2.15. The summed E-state index contributed by atoms with van der Waals surface area (Å²) >= 11 is 1.40. The Kier molecular flexibility index (Phi) is 4.65. The topological polar surface area (TPSA) is 78.3 Å². The van der Waals surface area contributed by atoms with Crippen LogP contribution in [0, 0.1) is 0 Å². The minimum atomic E-state index is -0.183. The first-order valence-corrected chi connectivity index (χ1v) is 11.4. The molecule has 0 spiro atoms. The summed E-state index contributed by atoms with van der Waals surface area (Å²) < 4.78 is 13.1. The molecule has 3 heterocycles. The molecule has 7 nitrogen and oxygen atoms in total. The number of hydrogen-bond donors (Lipinski definition) is 1. The second-order valence-corrected chi connectivity index (χ2v) is 8.67. The molecule has 1 aliphatic heterocycles. The van der Waals surface area contributed by atoms with E-state index < -0.39 is 0 Å². The fourth-order valence-corrected chi connectivity index (χ4v) is 4.60. The van der Waals surface area contributed by atoms with E-state index in [1.165, 1.54) is 11.3 Å². The number of hydrogen-bond acceptors (Lipinski definition) is 6. The molecule has 0 radical (unpaired) electrons. The molecule has 0 saturated heterocycles. The quantitative estimate of drug-likeness (QED) is 0.474. The van der Waals surface area contributed by atoms with Crippen LogP contribution in [-0.2, 0) is 0 Å². The molecule has 6 rings (SSSR count). The number of aromatic nitrogens is 3. The maximum absolute atomic E-state index is 13.1. The van der Waals surface area contributed by atoms with E-state index in [1.807, 2.05) is 58.6 Å². The number of anilines is 1. The van der Waals surface area contributed by atoms with Gasteiger partial charge in [-0.2, -0.15) is 5.10 Å². The summed E-state index contributed by atoms with van der Waals surface area (Å²) in [7, 11) is 0. The van der Waals surface area contributed by atoms with E-state index in [0.29, 0.717) is 29.8 Å². The van der Waals surface area contributed by atoms with Crippen molar-refractivity contribution in [1.82, 2.24) is 14.8 Å². The molecular weight excluding hydrogens is 424 g/mol.